The first kappa shape index (κ1) is 24.0. The topological polar surface area (TPSA) is 128 Å². The zero-order valence-corrected chi connectivity index (χ0v) is 20.0. The van der Waals surface area contributed by atoms with Crippen LogP contribution in [0.4, 0.5) is 10.5 Å². The molecule has 1 aliphatic rings. The second-order valence-corrected chi connectivity index (χ2v) is 8.22. The second-order valence-electron chi connectivity index (χ2n) is 8.22. The monoisotopic (exact) mass is 483 g/mol. The molecule has 0 aromatic carbocycles. The van der Waals surface area contributed by atoms with Crippen LogP contribution < -0.4 is 5.32 Å². The summed E-state index contributed by atoms with van der Waals surface area (Å²) in [6.07, 6.45) is 4.76. The van der Waals surface area contributed by atoms with Crippen LogP contribution in [0.2, 0.25) is 0 Å². The molecule has 1 fully saturated rings. The Bertz CT molecular complexity index is 1170. The summed E-state index contributed by atoms with van der Waals surface area (Å²) in [6, 6.07) is 4.58. The van der Waals surface area contributed by atoms with Crippen molar-refractivity contribution in [2.75, 3.05) is 38.1 Å². The molecule has 0 aliphatic carbocycles. The Kier molecular flexibility index (Phi) is 7.18. The van der Waals surface area contributed by atoms with Crippen molar-refractivity contribution < 1.29 is 23.5 Å². The second kappa shape index (κ2) is 10.5. The average Bonchev–Trinajstić information content (AvgIpc) is 3.61. The smallest absolute Gasteiger partial charge is 0.409 e. The zero-order chi connectivity index (χ0) is 24.9. The molecular formula is C23H29N7O5. The number of amides is 3. The van der Waals surface area contributed by atoms with Crippen molar-refractivity contribution in [1.29, 1.82) is 0 Å². The zero-order valence-electron chi connectivity index (χ0n) is 20.0. The maximum atomic E-state index is 13.0. The number of rotatable bonds is 7. The van der Waals surface area contributed by atoms with Crippen molar-refractivity contribution >= 4 is 23.6 Å². The summed E-state index contributed by atoms with van der Waals surface area (Å²) < 4.78 is 13.9. The SMILES string of the molecule is CCOC(=O)N1CCN(C(=O)C(C)n2cc(NC(=O)c3ccc(Cn4cccn4)o3)c(C)n2)CC1. The highest BCUT2D eigenvalue weighted by atomic mass is 16.6. The fourth-order valence-electron chi connectivity index (χ4n) is 3.83. The summed E-state index contributed by atoms with van der Waals surface area (Å²) in [5, 5.41) is 11.3. The number of hydrogen-bond donors (Lipinski definition) is 1. The van der Waals surface area contributed by atoms with Gasteiger partial charge in [-0.25, -0.2) is 4.79 Å². The number of carbonyl (C=O) groups excluding carboxylic acids is 3. The van der Waals surface area contributed by atoms with E-state index in [2.05, 4.69) is 15.5 Å². The van der Waals surface area contributed by atoms with Crippen molar-refractivity contribution in [3.8, 4) is 0 Å². The van der Waals surface area contributed by atoms with Gasteiger partial charge in [-0.3, -0.25) is 19.0 Å². The maximum Gasteiger partial charge on any atom is 0.409 e. The summed E-state index contributed by atoms with van der Waals surface area (Å²) in [6.45, 7) is 7.69. The molecule has 3 aromatic heterocycles. The van der Waals surface area contributed by atoms with E-state index in [1.54, 1.807) is 59.8 Å². The highest BCUT2D eigenvalue weighted by Crippen LogP contribution is 2.20. The van der Waals surface area contributed by atoms with E-state index in [0.29, 0.717) is 56.5 Å². The number of piperazine rings is 1. The number of furan rings is 1. The third-order valence-electron chi connectivity index (χ3n) is 5.80. The molecule has 4 heterocycles. The van der Waals surface area contributed by atoms with Crippen molar-refractivity contribution in [3.05, 3.63) is 54.0 Å². The molecule has 186 valence electrons. The molecule has 12 nitrogen and oxygen atoms in total. The van der Waals surface area contributed by atoms with Gasteiger partial charge in [-0.05, 0) is 39.0 Å². The van der Waals surface area contributed by atoms with Gasteiger partial charge in [0.25, 0.3) is 5.91 Å². The largest absolute Gasteiger partial charge is 0.454 e. The van der Waals surface area contributed by atoms with Crippen LogP contribution >= 0.6 is 0 Å². The number of carbonyl (C=O) groups is 3. The lowest BCUT2D eigenvalue weighted by Gasteiger charge is -2.35. The van der Waals surface area contributed by atoms with Crippen LogP contribution in [-0.4, -0.2) is 80.1 Å². The van der Waals surface area contributed by atoms with Gasteiger partial charge < -0.3 is 24.3 Å². The molecule has 12 heteroatoms. The van der Waals surface area contributed by atoms with E-state index in [1.165, 1.54) is 4.68 Å². The fourth-order valence-corrected chi connectivity index (χ4v) is 3.83. The molecule has 35 heavy (non-hydrogen) atoms. The van der Waals surface area contributed by atoms with Crippen molar-refractivity contribution in [2.24, 2.45) is 0 Å². The Morgan fingerprint density at radius 2 is 1.91 bits per heavy atom. The van der Waals surface area contributed by atoms with Crippen LogP contribution in [0.5, 0.6) is 0 Å². The lowest BCUT2D eigenvalue weighted by atomic mass is 10.2. The molecule has 0 spiro atoms. The third kappa shape index (κ3) is 5.53. The van der Waals surface area contributed by atoms with E-state index < -0.39 is 11.9 Å². The van der Waals surface area contributed by atoms with Crippen LogP contribution in [0.1, 0.15) is 41.9 Å². The van der Waals surface area contributed by atoms with E-state index in [9.17, 15) is 14.4 Å². The van der Waals surface area contributed by atoms with Gasteiger partial charge in [-0.2, -0.15) is 10.2 Å². The Morgan fingerprint density at radius 1 is 1.17 bits per heavy atom. The summed E-state index contributed by atoms with van der Waals surface area (Å²) in [5.74, 6) is 0.257. The highest BCUT2D eigenvalue weighted by Gasteiger charge is 2.29. The molecule has 3 aromatic rings. The van der Waals surface area contributed by atoms with E-state index in [-0.39, 0.29) is 17.8 Å². The molecule has 1 unspecified atom stereocenters. The number of nitrogens with one attached hydrogen (secondary N) is 1. The van der Waals surface area contributed by atoms with Crippen molar-refractivity contribution in [2.45, 2.75) is 33.4 Å². The van der Waals surface area contributed by atoms with Crippen LogP contribution in [0.3, 0.4) is 0 Å². The van der Waals surface area contributed by atoms with Crippen LogP contribution in [0.25, 0.3) is 0 Å². The van der Waals surface area contributed by atoms with Crippen LogP contribution in [0.15, 0.2) is 41.2 Å². The first-order chi connectivity index (χ1) is 16.9. The summed E-state index contributed by atoms with van der Waals surface area (Å²) in [5.41, 5.74) is 1.07. The standard InChI is InChI=1S/C23H29N7O5/c1-4-34-23(33)28-12-10-27(11-13-28)22(32)17(3)30-15-19(16(2)26-30)25-21(31)20-7-6-18(35-20)14-29-9-5-8-24-29/h5-9,15,17H,4,10-14H2,1-3H3,(H,25,31). The Labute approximate surface area is 202 Å². The number of hydrogen-bond acceptors (Lipinski definition) is 7. The minimum atomic E-state index is -0.571. The minimum Gasteiger partial charge on any atom is -0.454 e. The number of ether oxygens (including phenoxy) is 1. The van der Waals surface area contributed by atoms with Gasteiger partial charge in [0.05, 0.1) is 24.5 Å². The van der Waals surface area contributed by atoms with Gasteiger partial charge in [0, 0.05) is 44.8 Å². The Balaban J connectivity index is 1.35. The first-order valence-corrected chi connectivity index (χ1v) is 11.5. The van der Waals surface area contributed by atoms with E-state index in [1.807, 2.05) is 12.3 Å². The molecule has 0 bridgehead atoms. The summed E-state index contributed by atoms with van der Waals surface area (Å²) >= 11 is 0. The molecule has 1 saturated heterocycles. The van der Waals surface area contributed by atoms with Gasteiger partial charge in [0.1, 0.15) is 11.8 Å². The molecule has 4 rings (SSSR count). The molecular weight excluding hydrogens is 454 g/mol. The lowest BCUT2D eigenvalue weighted by Crippen LogP contribution is -2.52. The first-order valence-electron chi connectivity index (χ1n) is 11.5. The van der Waals surface area contributed by atoms with Crippen molar-refractivity contribution in [3.63, 3.8) is 0 Å². The average molecular weight is 484 g/mol. The number of nitrogens with zero attached hydrogens (tertiary/aromatic N) is 6. The number of anilines is 1. The predicted octanol–water partition coefficient (Wildman–Crippen LogP) is 2.14. The lowest BCUT2D eigenvalue weighted by molar-refractivity contribution is -0.136. The third-order valence-corrected chi connectivity index (χ3v) is 5.80. The quantitative estimate of drug-likeness (QED) is 0.545. The van der Waals surface area contributed by atoms with E-state index in [0.717, 1.165) is 0 Å². The molecule has 1 N–H and O–H groups in total. The summed E-state index contributed by atoms with van der Waals surface area (Å²) in [7, 11) is 0. The van der Waals surface area contributed by atoms with Crippen molar-refractivity contribution in [1.82, 2.24) is 29.4 Å². The minimum absolute atomic E-state index is 0.108. The fraction of sp³-hybridized carbons (Fsp3) is 0.435. The van der Waals surface area contributed by atoms with E-state index in [4.69, 9.17) is 9.15 Å². The van der Waals surface area contributed by atoms with Crippen LogP contribution in [0, 0.1) is 6.92 Å². The predicted molar refractivity (Wildman–Crippen MR) is 125 cm³/mol. The van der Waals surface area contributed by atoms with Gasteiger partial charge in [-0.1, -0.05) is 0 Å². The van der Waals surface area contributed by atoms with Crippen LogP contribution in [-0.2, 0) is 16.1 Å². The molecule has 1 aliphatic heterocycles. The normalized spacial score (nSPS) is 14.6. The maximum absolute atomic E-state index is 13.0. The Hall–Kier alpha value is -4.09. The molecule has 1 atom stereocenters. The van der Waals surface area contributed by atoms with Gasteiger partial charge in [0.2, 0.25) is 5.91 Å². The van der Waals surface area contributed by atoms with Gasteiger partial charge >= 0.3 is 6.09 Å². The van der Waals surface area contributed by atoms with E-state index >= 15 is 0 Å². The number of aromatic nitrogens is 4. The summed E-state index contributed by atoms with van der Waals surface area (Å²) in [4.78, 5) is 40.9. The molecule has 0 saturated carbocycles. The molecule has 0 radical (unpaired) electrons. The van der Waals surface area contributed by atoms with Gasteiger partial charge in [-0.15, -0.1) is 0 Å². The Morgan fingerprint density at radius 3 is 2.60 bits per heavy atom. The highest BCUT2D eigenvalue weighted by molar-refractivity contribution is 6.02. The molecule has 3 amide bonds. The number of aryl methyl sites for hydroxylation is 1. The van der Waals surface area contributed by atoms with Gasteiger partial charge in [0.15, 0.2) is 5.76 Å².